The van der Waals surface area contributed by atoms with Crippen LogP contribution < -0.4 is 0 Å². The molecular weight excluding hydrogens is 136 g/mol. The summed E-state index contributed by atoms with van der Waals surface area (Å²) >= 11 is 0. The third-order valence-corrected chi connectivity index (χ3v) is 2.48. The molecule has 0 saturated heterocycles. The normalized spacial score (nSPS) is 27.2. The molecule has 0 spiro atoms. The third-order valence-electron chi connectivity index (χ3n) is 2.48. The highest BCUT2D eigenvalue weighted by molar-refractivity contribution is 5.82. The molecule has 0 aliphatic heterocycles. The smallest absolute Gasteiger partial charge is 0.0141 e. The summed E-state index contributed by atoms with van der Waals surface area (Å²) in [7, 11) is 4.23. The standard InChI is InChI=1S/C9H18N2/c1-11(2)9-6-4-3-5-8(10)7-9/h9-10H,3-7H2,1-2H3. The largest absolute Gasteiger partial charge is 0.310 e. The lowest BCUT2D eigenvalue weighted by Crippen LogP contribution is -2.28. The van der Waals surface area contributed by atoms with Crippen molar-refractivity contribution in [3.05, 3.63) is 0 Å². The number of hydrogen-bond donors (Lipinski definition) is 1. The van der Waals surface area contributed by atoms with Crippen LogP contribution in [0.15, 0.2) is 0 Å². The van der Waals surface area contributed by atoms with Crippen molar-refractivity contribution in [3.8, 4) is 0 Å². The van der Waals surface area contributed by atoms with Crippen LogP contribution in [0.1, 0.15) is 32.1 Å². The molecule has 0 amide bonds. The SMILES string of the molecule is CN(C)C1CCCCC(=N)C1. The van der Waals surface area contributed by atoms with E-state index in [0.29, 0.717) is 6.04 Å². The van der Waals surface area contributed by atoms with Crippen molar-refractivity contribution in [3.63, 3.8) is 0 Å². The second kappa shape index (κ2) is 3.86. The summed E-state index contributed by atoms with van der Waals surface area (Å²) in [5.41, 5.74) is 0.946. The fourth-order valence-electron chi connectivity index (χ4n) is 1.65. The van der Waals surface area contributed by atoms with Gasteiger partial charge in [0.2, 0.25) is 0 Å². The first-order valence-electron chi connectivity index (χ1n) is 4.43. The summed E-state index contributed by atoms with van der Waals surface area (Å²) in [6, 6.07) is 0.630. The maximum atomic E-state index is 7.63. The van der Waals surface area contributed by atoms with E-state index < -0.39 is 0 Å². The molecule has 1 aliphatic rings. The second-order valence-corrected chi connectivity index (χ2v) is 3.67. The Bertz CT molecular complexity index is 140. The molecule has 0 aromatic rings. The van der Waals surface area contributed by atoms with E-state index in [1.54, 1.807) is 0 Å². The molecule has 0 radical (unpaired) electrons. The van der Waals surface area contributed by atoms with E-state index in [1.165, 1.54) is 19.3 Å². The van der Waals surface area contributed by atoms with Crippen molar-refractivity contribution in [2.24, 2.45) is 0 Å². The fraction of sp³-hybridized carbons (Fsp3) is 0.889. The van der Waals surface area contributed by atoms with Crippen LogP contribution in [0.25, 0.3) is 0 Å². The summed E-state index contributed by atoms with van der Waals surface area (Å²) in [6.45, 7) is 0. The zero-order valence-corrected chi connectivity index (χ0v) is 7.56. The Kier molecular flexibility index (Phi) is 3.06. The average molecular weight is 154 g/mol. The van der Waals surface area contributed by atoms with Gasteiger partial charge < -0.3 is 10.3 Å². The molecule has 0 heterocycles. The van der Waals surface area contributed by atoms with Crippen molar-refractivity contribution >= 4 is 5.71 Å². The number of nitrogens with one attached hydrogen (secondary N) is 1. The van der Waals surface area contributed by atoms with E-state index in [4.69, 9.17) is 5.41 Å². The van der Waals surface area contributed by atoms with Gasteiger partial charge in [-0.05, 0) is 33.4 Å². The van der Waals surface area contributed by atoms with Gasteiger partial charge in [-0.2, -0.15) is 0 Å². The first-order chi connectivity index (χ1) is 5.20. The number of nitrogens with zero attached hydrogens (tertiary/aromatic N) is 1. The molecule has 1 N–H and O–H groups in total. The third kappa shape index (κ3) is 2.62. The maximum absolute atomic E-state index is 7.63. The lowest BCUT2D eigenvalue weighted by Gasteiger charge is -2.21. The van der Waals surface area contributed by atoms with Gasteiger partial charge in [0.15, 0.2) is 0 Å². The Morgan fingerprint density at radius 1 is 1.36 bits per heavy atom. The summed E-state index contributed by atoms with van der Waals surface area (Å²) in [5.74, 6) is 0. The van der Waals surface area contributed by atoms with Crippen LogP contribution in [-0.4, -0.2) is 30.7 Å². The Hall–Kier alpha value is -0.370. The summed E-state index contributed by atoms with van der Waals surface area (Å²) in [6.07, 6.45) is 5.82. The van der Waals surface area contributed by atoms with E-state index in [9.17, 15) is 0 Å². The molecule has 11 heavy (non-hydrogen) atoms. The highest BCUT2D eigenvalue weighted by Crippen LogP contribution is 2.17. The van der Waals surface area contributed by atoms with Crippen LogP contribution in [0.4, 0.5) is 0 Å². The Morgan fingerprint density at radius 2 is 2.09 bits per heavy atom. The quantitative estimate of drug-likeness (QED) is 0.574. The zero-order chi connectivity index (χ0) is 8.27. The topological polar surface area (TPSA) is 27.1 Å². The molecule has 0 aromatic heterocycles. The molecule has 2 heteroatoms. The van der Waals surface area contributed by atoms with Gasteiger partial charge in [-0.1, -0.05) is 6.42 Å². The summed E-state index contributed by atoms with van der Waals surface area (Å²) < 4.78 is 0. The fourth-order valence-corrected chi connectivity index (χ4v) is 1.65. The second-order valence-electron chi connectivity index (χ2n) is 3.67. The molecule has 64 valence electrons. The first-order valence-corrected chi connectivity index (χ1v) is 4.43. The van der Waals surface area contributed by atoms with Gasteiger partial charge in [-0.3, -0.25) is 0 Å². The molecule has 1 atom stereocenters. The van der Waals surface area contributed by atoms with Crippen molar-refractivity contribution in [1.29, 1.82) is 5.41 Å². The van der Waals surface area contributed by atoms with E-state index in [1.807, 2.05) is 0 Å². The van der Waals surface area contributed by atoms with Crippen molar-refractivity contribution in [1.82, 2.24) is 4.90 Å². The Labute approximate surface area is 69.1 Å². The van der Waals surface area contributed by atoms with Crippen LogP contribution in [0.5, 0.6) is 0 Å². The van der Waals surface area contributed by atoms with Crippen molar-refractivity contribution < 1.29 is 0 Å². The molecule has 1 fully saturated rings. The highest BCUT2D eigenvalue weighted by Gasteiger charge is 2.16. The van der Waals surface area contributed by atoms with Crippen molar-refractivity contribution in [2.45, 2.75) is 38.1 Å². The lowest BCUT2D eigenvalue weighted by molar-refractivity contribution is 0.284. The van der Waals surface area contributed by atoms with E-state index in [-0.39, 0.29) is 0 Å². The molecule has 0 bridgehead atoms. The number of rotatable bonds is 1. The molecule has 1 aliphatic carbocycles. The van der Waals surface area contributed by atoms with Crippen LogP contribution in [0.2, 0.25) is 0 Å². The van der Waals surface area contributed by atoms with Crippen LogP contribution in [-0.2, 0) is 0 Å². The summed E-state index contributed by atoms with van der Waals surface area (Å²) in [4.78, 5) is 2.25. The van der Waals surface area contributed by atoms with Gasteiger partial charge in [0.25, 0.3) is 0 Å². The van der Waals surface area contributed by atoms with Gasteiger partial charge in [0.1, 0.15) is 0 Å². The Morgan fingerprint density at radius 3 is 2.73 bits per heavy atom. The molecular formula is C9H18N2. The lowest BCUT2D eigenvalue weighted by atomic mass is 10.1. The minimum Gasteiger partial charge on any atom is -0.310 e. The van der Waals surface area contributed by atoms with Crippen LogP contribution >= 0.6 is 0 Å². The van der Waals surface area contributed by atoms with E-state index in [2.05, 4.69) is 19.0 Å². The van der Waals surface area contributed by atoms with Crippen LogP contribution in [0.3, 0.4) is 0 Å². The molecule has 1 rings (SSSR count). The van der Waals surface area contributed by atoms with Gasteiger partial charge >= 0.3 is 0 Å². The monoisotopic (exact) mass is 154 g/mol. The van der Waals surface area contributed by atoms with Crippen molar-refractivity contribution in [2.75, 3.05) is 14.1 Å². The predicted octanol–water partition coefficient (Wildman–Crippen LogP) is 1.90. The summed E-state index contributed by atoms with van der Waals surface area (Å²) in [5, 5.41) is 7.63. The van der Waals surface area contributed by atoms with Gasteiger partial charge in [-0.15, -0.1) is 0 Å². The van der Waals surface area contributed by atoms with Crippen LogP contribution in [0, 0.1) is 5.41 Å². The average Bonchev–Trinajstić information content (AvgIpc) is 2.13. The minimum absolute atomic E-state index is 0.630. The maximum Gasteiger partial charge on any atom is 0.0141 e. The molecule has 0 aromatic carbocycles. The minimum atomic E-state index is 0.630. The molecule has 1 unspecified atom stereocenters. The molecule has 1 saturated carbocycles. The highest BCUT2D eigenvalue weighted by atomic mass is 15.1. The van der Waals surface area contributed by atoms with E-state index >= 15 is 0 Å². The van der Waals surface area contributed by atoms with Gasteiger partial charge in [0, 0.05) is 18.2 Å². The predicted molar refractivity (Wildman–Crippen MR) is 48.3 cm³/mol. The molecule has 2 nitrogen and oxygen atoms in total. The Balaban J connectivity index is 2.45. The van der Waals surface area contributed by atoms with Gasteiger partial charge in [0.05, 0.1) is 0 Å². The van der Waals surface area contributed by atoms with Gasteiger partial charge in [-0.25, -0.2) is 0 Å². The first kappa shape index (κ1) is 8.72. The number of hydrogen-bond acceptors (Lipinski definition) is 2. The zero-order valence-electron chi connectivity index (χ0n) is 7.56. The van der Waals surface area contributed by atoms with E-state index in [0.717, 1.165) is 18.6 Å².